The summed E-state index contributed by atoms with van der Waals surface area (Å²) in [4.78, 5) is 157. The van der Waals surface area contributed by atoms with Crippen LogP contribution in [-0.2, 0) is 136 Å². The number of halogens is 4. The molecule has 12 aliphatic carbocycles. The molecule has 0 amide bonds. The minimum atomic E-state index is -4.03. The molecule has 6 aromatic carbocycles. The van der Waals surface area contributed by atoms with Gasteiger partial charge in [0.15, 0.2) is 55.8 Å². The molecular formula is C98H106F4O24S2+2. The van der Waals surface area contributed by atoms with E-state index in [1.54, 1.807) is 0 Å². The summed E-state index contributed by atoms with van der Waals surface area (Å²) in [5.74, 6) is -18.8. The predicted molar refractivity (Wildman–Crippen MR) is 448 cm³/mol. The molecule has 0 N–H and O–H groups in total. The van der Waals surface area contributed by atoms with Crippen molar-refractivity contribution in [2.45, 2.75) is 232 Å². The summed E-state index contributed by atoms with van der Waals surface area (Å²) >= 11 is 0. The Bertz CT molecular complexity index is 4620. The fourth-order valence-corrected chi connectivity index (χ4v) is 26.9. The Morgan fingerprint density at radius 2 is 0.633 bits per heavy atom. The summed E-state index contributed by atoms with van der Waals surface area (Å²) in [6.07, 6.45) is 5.07. The van der Waals surface area contributed by atoms with Crippen molar-refractivity contribution in [2.75, 3.05) is 26.4 Å². The number of ether oxygens (including phenoxy) is 12. The van der Waals surface area contributed by atoms with Crippen molar-refractivity contribution < 1.29 is 132 Å². The van der Waals surface area contributed by atoms with Crippen molar-refractivity contribution in [3.63, 3.8) is 0 Å². The highest BCUT2D eigenvalue weighted by Crippen LogP contribution is 2.63. The molecule has 680 valence electrons. The summed E-state index contributed by atoms with van der Waals surface area (Å²) in [5, 5.41) is 0. The van der Waals surface area contributed by atoms with Crippen LogP contribution < -0.4 is 0 Å². The summed E-state index contributed by atoms with van der Waals surface area (Å²) in [7, 11) is -0.0293. The van der Waals surface area contributed by atoms with Crippen LogP contribution in [0.3, 0.4) is 0 Å². The van der Waals surface area contributed by atoms with Crippen molar-refractivity contribution in [1.29, 1.82) is 0 Å². The molecule has 14 aliphatic rings. The molecule has 2 aliphatic heterocycles. The highest BCUT2D eigenvalue weighted by atomic mass is 32.2. The number of esters is 12. The van der Waals surface area contributed by atoms with E-state index in [4.69, 9.17) is 47.4 Å². The average Bonchev–Trinajstić information content (AvgIpc) is 0.925. The lowest BCUT2D eigenvalue weighted by atomic mass is 9.49. The summed E-state index contributed by atoms with van der Waals surface area (Å²) in [6, 6.07) is 64.3. The molecule has 30 heteroatoms. The number of rotatable bonds is 30. The van der Waals surface area contributed by atoms with E-state index in [0.717, 1.165) is 51.4 Å². The zero-order valence-corrected chi connectivity index (χ0v) is 73.2. The van der Waals surface area contributed by atoms with Gasteiger partial charge in [-0.3, -0.25) is 19.2 Å². The van der Waals surface area contributed by atoms with Gasteiger partial charge in [0, 0.05) is 37.5 Å². The molecule has 14 fully saturated rings. The molecule has 6 aromatic rings. The number of fused-ring (bicyclic) bond motifs is 2. The first-order valence-electron chi connectivity index (χ1n) is 44.3. The lowest BCUT2D eigenvalue weighted by Crippen LogP contribution is -2.59. The Morgan fingerprint density at radius 3 is 0.906 bits per heavy atom. The summed E-state index contributed by atoms with van der Waals surface area (Å²) in [5.41, 5.74) is -1.24. The Labute approximate surface area is 744 Å². The van der Waals surface area contributed by atoms with Gasteiger partial charge in [-0.1, -0.05) is 123 Å². The second kappa shape index (κ2) is 39.8. The number of benzene rings is 6. The van der Waals surface area contributed by atoms with Crippen LogP contribution in [0.5, 0.6) is 0 Å². The van der Waals surface area contributed by atoms with E-state index in [2.05, 4.69) is 191 Å². The van der Waals surface area contributed by atoms with E-state index < -0.39 is 159 Å². The van der Waals surface area contributed by atoms with Gasteiger partial charge in [-0.05, 0) is 223 Å². The number of hydrogen-bond donors (Lipinski definition) is 0. The zero-order valence-electron chi connectivity index (χ0n) is 71.6. The molecular weight excluding hydrogens is 1700 g/mol. The van der Waals surface area contributed by atoms with Crippen LogP contribution in [0.2, 0.25) is 0 Å². The minimum Gasteiger partial charge on any atom is -0.458 e. The van der Waals surface area contributed by atoms with E-state index >= 15 is 0 Å². The number of carbonyl (C=O) groups is 12. The van der Waals surface area contributed by atoms with E-state index in [0.29, 0.717) is 62.2 Å². The van der Waals surface area contributed by atoms with Gasteiger partial charge >= 0.3 is 83.5 Å². The van der Waals surface area contributed by atoms with Crippen LogP contribution in [0.15, 0.2) is 211 Å². The predicted octanol–water partition coefficient (Wildman–Crippen LogP) is 14.9. The first-order valence-corrected chi connectivity index (χ1v) is 46.7. The fraction of sp³-hybridized carbons (Fsp3) is 0.510. The fourth-order valence-electron chi connectivity index (χ4n) is 22.7. The number of hydrogen-bond acceptors (Lipinski definition) is 24. The molecule has 128 heavy (non-hydrogen) atoms. The van der Waals surface area contributed by atoms with Crippen LogP contribution in [0.4, 0.5) is 17.6 Å². The summed E-state index contributed by atoms with van der Waals surface area (Å²) in [6.45, 7) is 0.954. The quantitative estimate of drug-likeness (QED) is 0.0175. The largest absolute Gasteiger partial charge is 0.458 e. The van der Waals surface area contributed by atoms with E-state index in [1.807, 2.05) is 13.8 Å². The maximum atomic E-state index is 13.7. The second-order valence-electron chi connectivity index (χ2n) is 35.9. The van der Waals surface area contributed by atoms with Crippen LogP contribution >= 0.6 is 0 Å². The van der Waals surface area contributed by atoms with Crippen molar-refractivity contribution in [3.8, 4) is 0 Å². The SMILES string of the molecule is CC(F)(F)C(=O)OC(CC(=O)OCC(=O)OC1C2CC3C(=O)OC1C3C2)C(=O)OCC(=O)OC1C2CC3C(=O)OC1C3C2.CCC1(OC(=O)COC(=O)CC(OC(=O)C(C)(F)F)C(=O)OCC(=O)OC2(CC)C3CC4CC(C3)CC2C4)C2CC3CC(C2)CC1C3.c1ccc([S+](c2ccccc2)c2ccccc2)cc1.c1ccc([S+](c2ccccc2)c2ccccc2)cc1. The van der Waals surface area contributed by atoms with E-state index in [1.165, 1.54) is 42.2 Å². The standard InChI is InChI=1S/C35H48F2O10.C27H28F2O14.2C18H15S/c1-4-34(23-8-19-6-20(10-23)11-24(34)9-19)46-29(39)17-43-28(38)16-27(45-32(42)33(3,36)37)31(41)44-18-30(40)47-35(5-2)25-12-21-7-22(14-25)15-26(35)13-21;1-27(28,29)26(36)39-15(25(35)38-8-18(32)41-20-10-3-12-14(5-10)24(34)43-22(12)20)6-16(30)37-7-17(31)40-19-9-2-11-13(4-9)23(33)42-21(11)19;2*1-4-10-16(11-5-1)19(17-12-6-2-7-13-17)18-14-8-3-9-15-18/h19-27H,4-18H2,1-3H3;9-15,19-22H,2-8H2,1H3;2*1-15H/q;;2*+1. The lowest BCUT2D eigenvalue weighted by molar-refractivity contribution is -0.216. The highest BCUT2D eigenvalue weighted by Gasteiger charge is 2.66. The van der Waals surface area contributed by atoms with Crippen molar-refractivity contribution in [1.82, 2.24) is 0 Å². The monoisotopic (exact) mass is 1810 g/mol. The molecule has 20 rings (SSSR count). The first-order chi connectivity index (χ1) is 61.4. The first kappa shape index (κ1) is 92.1. The normalized spacial score (nSPS) is 29.5. The second-order valence-corrected chi connectivity index (χ2v) is 39.9. The molecule has 0 spiro atoms. The molecule has 12 unspecified atom stereocenters. The molecule has 0 radical (unpaired) electrons. The average molecular weight is 1810 g/mol. The lowest BCUT2D eigenvalue weighted by Gasteiger charge is -2.60. The Hall–Kier alpha value is -10.6. The van der Waals surface area contributed by atoms with Gasteiger partial charge in [0.25, 0.3) is 0 Å². The van der Waals surface area contributed by atoms with Gasteiger partial charge in [0.2, 0.25) is 12.2 Å². The van der Waals surface area contributed by atoms with Crippen molar-refractivity contribution in [2.24, 2.45) is 82.9 Å². The zero-order chi connectivity index (χ0) is 90.3. The van der Waals surface area contributed by atoms with E-state index in [9.17, 15) is 75.1 Å². The topological polar surface area (TPSA) is 316 Å². The maximum absolute atomic E-state index is 13.7. The van der Waals surface area contributed by atoms with Gasteiger partial charge in [-0.2, -0.15) is 17.6 Å². The van der Waals surface area contributed by atoms with Gasteiger partial charge in [-0.25, -0.2) is 38.4 Å². The number of alkyl halides is 4. The third-order valence-corrected chi connectivity index (χ3v) is 32.3. The van der Waals surface area contributed by atoms with Crippen LogP contribution in [0, 0.1) is 82.9 Å². The number of carbonyl (C=O) groups excluding carboxylic acids is 12. The molecule has 12 saturated carbocycles. The van der Waals surface area contributed by atoms with Gasteiger partial charge < -0.3 is 56.8 Å². The van der Waals surface area contributed by atoms with Gasteiger partial charge in [0.1, 0.15) is 35.6 Å². The molecule has 24 nitrogen and oxygen atoms in total. The smallest absolute Gasteiger partial charge is 0.377 e. The summed E-state index contributed by atoms with van der Waals surface area (Å²) < 4.78 is 116. The molecule has 12 atom stereocenters. The third kappa shape index (κ3) is 20.8. The van der Waals surface area contributed by atoms with Crippen molar-refractivity contribution >= 4 is 93.4 Å². The molecule has 12 bridgehead atoms. The van der Waals surface area contributed by atoms with Crippen molar-refractivity contribution in [3.05, 3.63) is 182 Å². The molecule has 2 saturated heterocycles. The molecule has 2 heterocycles. The van der Waals surface area contributed by atoms with Gasteiger partial charge in [0.05, 0.1) is 46.5 Å². The Kier molecular flexibility index (Phi) is 28.6. The minimum absolute atomic E-state index is 0.0146. The third-order valence-electron chi connectivity index (χ3n) is 27.8. The van der Waals surface area contributed by atoms with Gasteiger partial charge in [-0.15, -0.1) is 0 Å². The Balaban J connectivity index is 0.000000141. The van der Waals surface area contributed by atoms with Crippen LogP contribution in [-0.4, -0.2) is 158 Å². The van der Waals surface area contributed by atoms with E-state index in [-0.39, 0.29) is 107 Å². The molecule has 0 aromatic heterocycles. The highest BCUT2D eigenvalue weighted by molar-refractivity contribution is 7.97. The van der Waals surface area contributed by atoms with Crippen LogP contribution in [0.25, 0.3) is 0 Å². The maximum Gasteiger partial charge on any atom is 0.377 e. The Morgan fingerprint density at radius 1 is 0.367 bits per heavy atom. The van der Waals surface area contributed by atoms with Crippen LogP contribution in [0.1, 0.15) is 143 Å².